The van der Waals surface area contributed by atoms with Gasteiger partial charge in [-0.05, 0) is 25.5 Å². The van der Waals surface area contributed by atoms with Gasteiger partial charge in [0.1, 0.15) is 11.6 Å². The van der Waals surface area contributed by atoms with E-state index in [1.165, 1.54) is 6.07 Å². The van der Waals surface area contributed by atoms with Gasteiger partial charge in [0.2, 0.25) is 0 Å². The Labute approximate surface area is 108 Å². The fourth-order valence-corrected chi connectivity index (χ4v) is 2.71. The van der Waals surface area contributed by atoms with Crippen molar-refractivity contribution < 1.29 is 17.7 Å². The minimum Gasteiger partial charge on any atom is -0.377 e. The van der Waals surface area contributed by atoms with Crippen LogP contribution in [0.15, 0.2) is 23.1 Å². The third-order valence-corrected chi connectivity index (χ3v) is 3.86. The fourth-order valence-electron chi connectivity index (χ4n) is 1.51. The molecule has 0 radical (unpaired) electrons. The van der Waals surface area contributed by atoms with Crippen LogP contribution in [0.4, 0.5) is 8.78 Å². The highest BCUT2D eigenvalue weighted by atomic mass is 32.2. The van der Waals surface area contributed by atoms with E-state index in [4.69, 9.17) is 10.5 Å². The Morgan fingerprint density at radius 3 is 2.72 bits per heavy atom. The summed E-state index contributed by atoms with van der Waals surface area (Å²) in [6.07, 6.45) is 0.302. The lowest BCUT2D eigenvalue weighted by Crippen LogP contribution is -2.25. The Morgan fingerprint density at radius 1 is 1.44 bits per heavy atom. The van der Waals surface area contributed by atoms with E-state index in [0.29, 0.717) is 19.6 Å². The number of halogens is 2. The summed E-state index contributed by atoms with van der Waals surface area (Å²) in [5, 5.41) is 0. The standard InChI is InChI=1S/C12H17F2NO2S/c1-2-17-10(8-15)5-6-18(16)12-4-3-9(13)7-11(12)14/h3-4,7,10H,2,5-6,8,15H2,1H3. The highest BCUT2D eigenvalue weighted by molar-refractivity contribution is 7.85. The first-order chi connectivity index (χ1) is 8.58. The van der Waals surface area contributed by atoms with Crippen LogP contribution in [-0.2, 0) is 15.5 Å². The van der Waals surface area contributed by atoms with Gasteiger partial charge < -0.3 is 10.5 Å². The highest BCUT2D eigenvalue weighted by Gasteiger charge is 2.14. The van der Waals surface area contributed by atoms with Crippen molar-refractivity contribution in [3.05, 3.63) is 29.8 Å². The number of ether oxygens (including phenoxy) is 1. The monoisotopic (exact) mass is 277 g/mol. The van der Waals surface area contributed by atoms with Crippen molar-refractivity contribution in [3.8, 4) is 0 Å². The summed E-state index contributed by atoms with van der Waals surface area (Å²) in [7, 11) is -1.51. The molecule has 0 heterocycles. The van der Waals surface area contributed by atoms with Crippen LogP contribution in [-0.4, -0.2) is 29.2 Å². The summed E-state index contributed by atoms with van der Waals surface area (Å²) in [6.45, 7) is 2.70. The molecule has 102 valence electrons. The van der Waals surface area contributed by atoms with Gasteiger partial charge in [0.15, 0.2) is 0 Å². The molecule has 0 fully saturated rings. The largest absolute Gasteiger partial charge is 0.377 e. The van der Waals surface area contributed by atoms with Gasteiger partial charge >= 0.3 is 0 Å². The van der Waals surface area contributed by atoms with Gasteiger partial charge in [0, 0.05) is 25.0 Å². The molecule has 0 aliphatic rings. The predicted octanol–water partition coefficient (Wildman–Crippen LogP) is 1.83. The maximum atomic E-state index is 13.4. The van der Waals surface area contributed by atoms with Gasteiger partial charge in [-0.1, -0.05) is 0 Å². The summed E-state index contributed by atoms with van der Waals surface area (Å²) in [4.78, 5) is 0.0173. The summed E-state index contributed by atoms with van der Waals surface area (Å²) >= 11 is 0. The third-order valence-electron chi connectivity index (χ3n) is 2.43. The second kappa shape index (κ2) is 7.56. The van der Waals surface area contributed by atoms with E-state index >= 15 is 0 Å². The van der Waals surface area contributed by atoms with Gasteiger partial charge in [-0.25, -0.2) is 8.78 Å². The van der Waals surface area contributed by atoms with Crippen molar-refractivity contribution in [2.75, 3.05) is 18.9 Å². The Balaban J connectivity index is 2.59. The first-order valence-electron chi connectivity index (χ1n) is 5.73. The average molecular weight is 277 g/mol. The van der Waals surface area contributed by atoms with Crippen molar-refractivity contribution in [2.24, 2.45) is 5.73 Å². The average Bonchev–Trinajstić information content (AvgIpc) is 2.34. The second-order valence-electron chi connectivity index (χ2n) is 3.73. The zero-order chi connectivity index (χ0) is 13.5. The van der Waals surface area contributed by atoms with E-state index in [1.807, 2.05) is 6.92 Å². The van der Waals surface area contributed by atoms with Crippen molar-refractivity contribution in [3.63, 3.8) is 0 Å². The molecule has 0 amide bonds. The lowest BCUT2D eigenvalue weighted by atomic mass is 10.3. The van der Waals surface area contributed by atoms with Crippen molar-refractivity contribution >= 4 is 10.8 Å². The predicted molar refractivity (Wildman–Crippen MR) is 66.7 cm³/mol. The molecule has 2 unspecified atom stereocenters. The number of hydrogen-bond acceptors (Lipinski definition) is 3. The van der Waals surface area contributed by atoms with E-state index in [9.17, 15) is 13.0 Å². The van der Waals surface area contributed by atoms with Gasteiger partial charge in [-0.3, -0.25) is 4.21 Å². The van der Waals surface area contributed by atoms with Crippen LogP contribution in [0.3, 0.4) is 0 Å². The Morgan fingerprint density at radius 2 is 2.17 bits per heavy atom. The lowest BCUT2D eigenvalue weighted by molar-refractivity contribution is 0.0672. The number of hydrogen-bond donors (Lipinski definition) is 1. The molecule has 0 aromatic heterocycles. The molecule has 1 aromatic rings. The maximum Gasteiger partial charge on any atom is 0.142 e. The van der Waals surface area contributed by atoms with Crippen LogP contribution in [0.25, 0.3) is 0 Å². The molecule has 3 nitrogen and oxygen atoms in total. The summed E-state index contributed by atoms with van der Waals surface area (Å²) in [5.74, 6) is -1.22. The Kier molecular flexibility index (Phi) is 6.38. The fraction of sp³-hybridized carbons (Fsp3) is 0.500. The SMILES string of the molecule is CCOC(CN)CCS(=O)c1ccc(F)cc1F. The maximum absolute atomic E-state index is 13.4. The lowest BCUT2D eigenvalue weighted by Gasteiger charge is -2.14. The zero-order valence-electron chi connectivity index (χ0n) is 10.2. The number of rotatable bonds is 7. The van der Waals surface area contributed by atoms with Crippen molar-refractivity contribution in [2.45, 2.75) is 24.3 Å². The first-order valence-corrected chi connectivity index (χ1v) is 7.05. The van der Waals surface area contributed by atoms with Gasteiger partial charge in [-0.2, -0.15) is 0 Å². The Bertz CT molecular complexity index is 415. The highest BCUT2D eigenvalue weighted by Crippen LogP contribution is 2.15. The van der Waals surface area contributed by atoms with E-state index in [2.05, 4.69) is 0 Å². The van der Waals surface area contributed by atoms with Crippen molar-refractivity contribution in [1.82, 2.24) is 0 Å². The summed E-state index contributed by atoms with van der Waals surface area (Å²) < 4.78 is 43.2. The van der Waals surface area contributed by atoms with Crippen LogP contribution in [0.2, 0.25) is 0 Å². The molecule has 1 aromatic carbocycles. The normalized spacial score (nSPS) is 14.4. The first kappa shape index (κ1) is 15.2. The topological polar surface area (TPSA) is 52.3 Å². The minimum atomic E-state index is -1.51. The molecule has 6 heteroatoms. The second-order valence-corrected chi connectivity index (χ2v) is 5.27. The number of benzene rings is 1. The van der Waals surface area contributed by atoms with Crippen LogP contribution in [0.5, 0.6) is 0 Å². The van der Waals surface area contributed by atoms with Crippen LogP contribution >= 0.6 is 0 Å². The smallest absolute Gasteiger partial charge is 0.142 e. The van der Waals surface area contributed by atoms with Crippen LogP contribution < -0.4 is 5.73 Å². The molecule has 2 atom stereocenters. The molecular weight excluding hydrogens is 260 g/mol. The molecule has 2 N–H and O–H groups in total. The molecular formula is C12H17F2NO2S. The summed E-state index contributed by atoms with van der Waals surface area (Å²) in [5.41, 5.74) is 5.49. The summed E-state index contributed by atoms with van der Waals surface area (Å²) in [6, 6.07) is 3.04. The van der Waals surface area contributed by atoms with Crippen LogP contribution in [0.1, 0.15) is 13.3 Å². The molecule has 0 aliphatic carbocycles. The zero-order valence-corrected chi connectivity index (χ0v) is 11.0. The molecule has 0 saturated carbocycles. The van der Waals surface area contributed by atoms with Crippen LogP contribution in [0, 0.1) is 11.6 Å². The molecule has 0 bridgehead atoms. The van der Waals surface area contributed by atoms with Gasteiger partial charge in [0.25, 0.3) is 0 Å². The van der Waals surface area contributed by atoms with Gasteiger partial charge in [0.05, 0.1) is 21.8 Å². The minimum absolute atomic E-state index is 0.0173. The molecule has 0 spiro atoms. The van der Waals surface area contributed by atoms with Gasteiger partial charge in [-0.15, -0.1) is 0 Å². The Hall–Kier alpha value is -0.850. The third kappa shape index (κ3) is 4.44. The van der Waals surface area contributed by atoms with E-state index in [-0.39, 0.29) is 16.8 Å². The quantitative estimate of drug-likeness (QED) is 0.827. The number of nitrogens with two attached hydrogens (primary N) is 1. The molecule has 0 aliphatic heterocycles. The van der Waals surface area contributed by atoms with Crippen molar-refractivity contribution in [1.29, 1.82) is 0 Å². The molecule has 18 heavy (non-hydrogen) atoms. The molecule has 0 saturated heterocycles. The van der Waals surface area contributed by atoms with E-state index < -0.39 is 22.4 Å². The molecule has 1 rings (SSSR count). The van der Waals surface area contributed by atoms with E-state index in [1.54, 1.807) is 0 Å². The van der Waals surface area contributed by atoms with E-state index in [0.717, 1.165) is 12.1 Å².